The Morgan fingerprint density at radius 3 is 2.81 bits per heavy atom. The van der Waals surface area contributed by atoms with E-state index in [-0.39, 0.29) is 18.9 Å². The number of rotatable bonds is 4. The van der Waals surface area contributed by atoms with Crippen LogP contribution in [-0.2, 0) is 9.59 Å². The molecular weight excluding hydrogens is 353 g/mol. The van der Waals surface area contributed by atoms with E-state index in [1.165, 1.54) is 4.90 Å². The average Bonchev–Trinajstić information content (AvgIpc) is 2.68. The van der Waals surface area contributed by atoms with Crippen LogP contribution in [0.25, 0.3) is 6.08 Å². The van der Waals surface area contributed by atoms with Gasteiger partial charge in [-0.25, -0.2) is 0 Å². The Balaban J connectivity index is 2.24. The fraction of sp³-hybridized carbons (Fsp3) is 0.154. The lowest BCUT2D eigenvalue weighted by molar-refractivity contribution is -0.137. The fourth-order valence-electron chi connectivity index (χ4n) is 1.67. The van der Waals surface area contributed by atoms with Crippen LogP contribution in [0.1, 0.15) is 12.0 Å². The van der Waals surface area contributed by atoms with Crippen molar-refractivity contribution in [3.63, 3.8) is 0 Å². The molecule has 0 unspecified atom stereocenters. The highest BCUT2D eigenvalue weighted by molar-refractivity contribution is 8.26. The standard InChI is InChI=1S/C13H9Cl2NO3S2/c14-8-3-1-2-7(11(8)15)6-9-12(19)16(13(20)21-9)5-4-10(17)18/h1-3,6H,4-5H2,(H,17,18)/b9-6+. The lowest BCUT2D eigenvalue weighted by Crippen LogP contribution is -2.30. The van der Waals surface area contributed by atoms with Crippen LogP contribution in [0.4, 0.5) is 0 Å². The third kappa shape index (κ3) is 3.77. The maximum absolute atomic E-state index is 12.2. The summed E-state index contributed by atoms with van der Waals surface area (Å²) in [6.07, 6.45) is 1.45. The Labute approximate surface area is 140 Å². The number of aliphatic carboxylic acids is 1. The number of hydrogen-bond acceptors (Lipinski definition) is 4. The van der Waals surface area contributed by atoms with Crippen molar-refractivity contribution in [2.75, 3.05) is 6.54 Å². The van der Waals surface area contributed by atoms with Crippen LogP contribution in [0, 0.1) is 0 Å². The molecule has 0 bridgehead atoms. The van der Waals surface area contributed by atoms with Crippen LogP contribution in [0.15, 0.2) is 23.1 Å². The molecule has 0 aromatic heterocycles. The molecule has 0 spiro atoms. The largest absolute Gasteiger partial charge is 0.481 e. The van der Waals surface area contributed by atoms with Gasteiger partial charge in [0.1, 0.15) is 4.32 Å². The number of thiocarbonyl (C=S) groups is 1. The van der Waals surface area contributed by atoms with Crippen LogP contribution in [0.5, 0.6) is 0 Å². The number of nitrogens with zero attached hydrogens (tertiary/aromatic N) is 1. The lowest BCUT2D eigenvalue weighted by Gasteiger charge is -2.12. The van der Waals surface area contributed by atoms with Crippen molar-refractivity contribution in [1.82, 2.24) is 4.90 Å². The summed E-state index contributed by atoms with van der Waals surface area (Å²) < 4.78 is 0.339. The molecule has 4 nitrogen and oxygen atoms in total. The third-order valence-electron chi connectivity index (χ3n) is 2.69. The first-order valence-electron chi connectivity index (χ1n) is 5.81. The van der Waals surface area contributed by atoms with Crippen molar-refractivity contribution in [3.05, 3.63) is 38.7 Å². The van der Waals surface area contributed by atoms with Crippen molar-refractivity contribution in [3.8, 4) is 0 Å². The molecule has 1 aliphatic rings. The zero-order valence-electron chi connectivity index (χ0n) is 10.5. The van der Waals surface area contributed by atoms with Gasteiger partial charge in [-0.05, 0) is 17.7 Å². The predicted octanol–water partition coefficient (Wildman–Crippen LogP) is 3.67. The minimum atomic E-state index is -0.981. The summed E-state index contributed by atoms with van der Waals surface area (Å²) >= 11 is 18.2. The predicted molar refractivity (Wildman–Crippen MR) is 88.6 cm³/mol. The van der Waals surface area contributed by atoms with Crippen molar-refractivity contribution < 1.29 is 14.7 Å². The van der Waals surface area contributed by atoms with E-state index >= 15 is 0 Å². The van der Waals surface area contributed by atoms with E-state index in [0.717, 1.165) is 11.8 Å². The molecule has 0 radical (unpaired) electrons. The lowest BCUT2D eigenvalue weighted by atomic mass is 10.2. The smallest absolute Gasteiger partial charge is 0.305 e. The molecule has 0 saturated carbocycles. The van der Waals surface area contributed by atoms with Gasteiger partial charge in [0.25, 0.3) is 5.91 Å². The Bertz CT molecular complexity index is 661. The van der Waals surface area contributed by atoms with E-state index in [9.17, 15) is 9.59 Å². The molecule has 21 heavy (non-hydrogen) atoms. The van der Waals surface area contributed by atoms with Gasteiger partial charge >= 0.3 is 5.97 Å². The molecule has 2 rings (SSSR count). The van der Waals surface area contributed by atoms with Crippen molar-refractivity contribution in [2.45, 2.75) is 6.42 Å². The van der Waals surface area contributed by atoms with Crippen LogP contribution in [0.2, 0.25) is 10.0 Å². The third-order valence-corrected chi connectivity index (χ3v) is 4.90. The second-order valence-electron chi connectivity index (χ2n) is 4.12. The minimum Gasteiger partial charge on any atom is -0.481 e. The van der Waals surface area contributed by atoms with Gasteiger partial charge in [0, 0.05) is 6.54 Å². The molecule has 1 saturated heterocycles. The molecule has 0 atom stereocenters. The number of hydrogen-bond donors (Lipinski definition) is 1. The molecule has 1 aromatic carbocycles. The molecule has 1 aromatic rings. The molecule has 110 valence electrons. The maximum Gasteiger partial charge on any atom is 0.305 e. The number of thioether (sulfide) groups is 1. The molecule has 1 N–H and O–H groups in total. The molecule has 0 aliphatic carbocycles. The summed E-state index contributed by atoms with van der Waals surface area (Å²) in [6.45, 7) is 0.0562. The summed E-state index contributed by atoms with van der Waals surface area (Å²) in [5.41, 5.74) is 0.614. The van der Waals surface area contributed by atoms with E-state index in [4.69, 9.17) is 40.5 Å². The number of halogens is 2. The maximum atomic E-state index is 12.2. The van der Waals surface area contributed by atoms with Crippen molar-refractivity contribution in [2.24, 2.45) is 0 Å². The van der Waals surface area contributed by atoms with Gasteiger partial charge in [-0.15, -0.1) is 0 Å². The minimum absolute atomic E-state index is 0.0562. The zero-order chi connectivity index (χ0) is 15.6. The molecule has 8 heteroatoms. The van der Waals surface area contributed by atoms with E-state index in [2.05, 4.69) is 0 Å². The summed E-state index contributed by atoms with van der Waals surface area (Å²) in [6, 6.07) is 5.11. The summed E-state index contributed by atoms with van der Waals surface area (Å²) in [7, 11) is 0. The Morgan fingerprint density at radius 2 is 2.14 bits per heavy atom. The number of carbonyl (C=O) groups excluding carboxylic acids is 1. The van der Waals surface area contributed by atoms with Gasteiger partial charge in [-0.2, -0.15) is 0 Å². The van der Waals surface area contributed by atoms with Crippen LogP contribution in [0.3, 0.4) is 0 Å². The number of amides is 1. The van der Waals surface area contributed by atoms with Crippen LogP contribution in [-0.4, -0.2) is 32.7 Å². The van der Waals surface area contributed by atoms with Gasteiger partial charge in [0.05, 0.1) is 21.4 Å². The van der Waals surface area contributed by atoms with Crippen molar-refractivity contribution >= 4 is 69.5 Å². The second kappa shape index (κ2) is 6.79. The molecule has 1 fully saturated rings. The molecule has 1 amide bonds. The first-order chi connectivity index (χ1) is 9.90. The SMILES string of the molecule is O=C(O)CCN1C(=O)/C(=C\c2cccc(Cl)c2Cl)SC1=S. The van der Waals surface area contributed by atoms with E-state index in [1.54, 1.807) is 24.3 Å². The van der Waals surface area contributed by atoms with E-state index < -0.39 is 5.97 Å². The quantitative estimate of drug-likeness (QED) is 0.654. The van der Waals surface area contributed by atoms with Crippen LogP contribution < -0.4 is 0 Å². The number of carbonyl (C=O) groups is 2. The van der Waals surface area contributed by atoms with Gasteiger partial charge in [0.2, 0.25) is 0 Å². The average molecular weight is 362 g/mol. The first-order valence-corrected chi connectivity index (χ1v) is 7.79. The highest BCUT2D eigenvalue weighted by atomic mass is 35.5. The summed E-state index contributed by atoms with van der Waals surface area (Å²) in [5.74, 6) is -1.30. The Hall–Kier alpha value is -1.08. The Kier molecular flexibility index (Phi) is 5.27. The normalized spacial score (nSPS) is 16.9. The fourth-order valence-corrected chi connectivity index (χ4v) is 3.34. The molecule has 1 aliphatic heterocycles. The highest BCUT2D eigenvalue weighted by Gasteiger charge is 2.32. The summed E-state index contributed by atoms with van der Waals surface area (Å²) in [5, 5.41) is 9.43. The van der Waals surface area contributed by atoms with E-state index in [0.29, 0.717) is 24.8 Å². The van der Waals surface area contributed by atoms with E-state index in [1.807, 2.05) is 0 Å². The van der Waals surface area contributed by atoms with Crippen molar-refractivity contribution in [1.29, 1.82) is 0 Å². The number of carboxylic acids is 1. The molecular formula is C13H9Cl2NO3S2. The Morgan fingerprint density at radius 1 is 1.43 bits per heavy atom. The monoisotopic (exact) mass is 361 g/mol. The van der Waals surface area contributed by atoms with Gasteiger partial charge in [-0.3, -0.25) is 14.5 Å². The molecule has 1 heterocycles. The number of benzene rings is 1. The first kappa shape index (κ1) is 16.3. The van der Waals surface area contributed by atoms with Crippen LogP contribution >= 0.6 is 47.2 Å². The highest BCUT2D eigenvalue weighted by Crippen LogP contribution is 2.35. The number of carboxylic acid groups (broad SMARTS) is 1. The zero-order valence-corrected chi connectivity index (χ0v) is 13.7. The second-order valence-corrected chi connectivity index (χ2v) is 6.58. The van der Waals surface area contributed by atoms with Gasteiger partial charge in [0.15, 0.2) is 0 Å². The van der Waals surface area contributed by atoms with Gasteiger partial charge < -0.3 is 5.11 Å². The van der Waals surface area contributed by atoms with Gasteiger partial charge in [-0.1, -0.05) is 59.3 Å². The topological polar surface area (TPSA) is 57.6 Å². The summed E-state index contributed by atoms with van der Waals surface area (Å²) in [4.78, 5) is 24.5.